The van der Waals surface area contributed by atoms with Crippen molar-refractivity contribution in [2.24, 2.45) is 0 Å². The topological polar surface area (TPSA) is 59.0 Å². The molecule has 0 saturated carbocycles. The van der Waals surface area contributed by atoms with Gasteiger partial charge in [-0.1, -0.05) is 30.3 Å². The Labute approximate surface area is 163 Å². The lowest BCUT2D eigenvalue weighted by molar-refractivity contribution is 0.0935. The van der Waals surface area contributed by atoms with Gasteiger partial charge >= 0.3 is 0 Å². The van der Waals surface area contributed by atoms with Gasteiger partial charge in [-0.2, -0.15) is 5.10 Å². The number of aryl methyl sites for hydroxylation is 1. The molecule has 3 aromatic rings. The van der Waals surface area contributed by atoms with Gasteiger partial charge in [0.25, 0.3) is 5.91 Å². The van der Waals surface area contributed by atoms with Gasteiger partial charge in [0.2, 0.25) is 0 Å². The van der Waals surface area contributed by atoms with E-state index in [1.807, 2.05) is 35.9 Å². The van der Waals surface area contributed by atoms with Crippen molar-refractivity contribution in [1.29, 1.82) is 0 Å². The molecule has 1 aliphatic heterocycles. The van der Waals surface area contributed by atoms with Gasteiger partial charge in [-0.25, -0.2) is 0 Å². The molecule has 1 aromatic carbocycles. The summed E-state index contributed by atoms with van der Waals surface area (Å²) >= 11 is 1.53. The number of nitrogens with zero attached hydrogens (tertiary/aromatic N) is 2. The molecule has 1 fully saturated rings. The summed E-state index contributed by atoms with van der Waals surface area (Å²) in [6.45, 7) is 4.63. The number of hydrogen-bond acceptors (Lipinski definition) is 4. The number of thiophene rings is 1. The molecule has 2 aromatic heterocycles. The van der Waals surface area contributed by atoms with Gasteiger partial charge in [-0.15, -0.1) is 23.7 Å². The summed E-state index contributed by atoms with van der Waals surface area (Å²) in [6, 6.07) is 12.5. The molecule has 4 rings (SSSR count). The lowest BCUT2D eigenvalue weighted by Gasteiger charge is -2.23. The van der Waals surface area contributed by atoms with Crippen molar-refractivity contribution >= 4 is 39.9 Å². The second kappa shape index (κ2) is 8.20. The molecule has 5 nitrogen and oxygen atoms in total. The first-order valence-electron chi connectivity index (χ1n) is 8.73. The fourth-order valence-corrected chi connectivity index (χ4v) is 4.38. The zero-order chi connectivity index (χ0) is 17.2. The predicted octanol–water partition coefficient (Wildman–Crippen LogP) is 3.36. The molecule has 2 N–H and O–H groups in total. The summed E-state index contributed by atoms with van der Waals surface area (Å²) in [5.41, 5.74) is 2.18. The number of carbonyl (C=O) groups excluding carboxylic acids is 1. The molecule has 0 unspecified atom stereocenters. The highest BCUT2D eigenvalue weighted by Gasteiger charge is 2.20. The SMILES string of the molecule is Cc1nn(Cc2ccccc2)c2sc(C(=O)N[C@H]3CCCNC3)cc12.Cl. The number of amides is 1. The molecule has 1 aliphatic rings. The zero-order valence-electron chi connectivity index (χ0n) is 14.7. The van der Waals surface area contributed by atoms with Gasteiger partial charge in [0.15, 0.2) is 0 Å². The summed E-state index contributed by atoms with van der Waals surface area (Å²) in [5, 5.41) is 12.2. The molecule has 1 amide bonds. The molecule has 26 heavy (non-hydrogen) atoms. The molecule has 138 valence electrons. The lowest BCUT2D eigenvalue weighted by atomic mass is 10.1. The highest BCUT2D eigenvalue weighted by Crippen LogP contribution is 2.29. The van der Waals surface area contributed by atoms with Crippen LogP contribution in [0.4, 0.5) is 0 Å². The molecular formula is C19H23ClN4OS. The Balaban J connectivity index is 0.00000196. The Kier molecular flexibility index (Phi) is 5.96. The van der Waals surface area contributed by atoms with E-state index in [1.54, 1.807) is 0 Å². The molecular weight excluding hydrogens is 368 g/mol. The van der Waals surface area contributed by atoms with Crippen LogP contribution < -0.4 is 10.6 Å². The fourth-order valence-electron chi connectivity index (χ4n) is 3.32. The second-order valence-electron chi connectivity index (χ2n) is 6.57. The maximum absolute atomic E-state index is 12.6. The third-order valence-corrected chi connectivity index (χ3v) is 5.79. The van der Waals surface area contributed by atoms with Gasteiger partial charge in [-0.05, 0) is 37.9 Å². The number of rotatable bonds is 4. The van der Waals surface area contributed by atoms with Crippen molar-refractivity contribution < 1.29 is 4.79 Å². The van der Waals surface area contributed by atoms with Gasteiger partial charge in [0.05, 0.1) is 17.1 Å². The first-order chi connectivity index (χ1) is 12.2. The number of aromatic nitrogens is 2. The van der Waals surface area contributed by atoms with E-state index >= 15 is 0 Å². The Hall–Kier alpha value is -1.89. The van der Waals surface area contributed by atoms with Crippen molar-refractivity contribution in [3.05, 3.63) is 52.5 Å². The van der Waals surface area contributed by atoms with Crippen LogP contribution in [0.2, 0.25) is 0 Å². The number of fused-ring (bicyclic) bond motifs is 1. The number of benzene rings is 1. The third-order valence-electron chi connectivity index (χ3n) is 4.64. The smallest absolute Gasteiger partial charge is 0.261 e. The molecule has 1 saturated heterocycles. The van der Waals surface area contributed by atoms with Crippen LogP contribution in [0.3, 0.4) is 0 Å². The summed E-state index contributed by atoms with van der Waals surface area (Å²) in [4.78, 5) is 14.4. The molecule has 7 heteroatoms. The molecule has 0 aliphatic carbocycles. The second-order valence-corrected chi connectivity index (χ2v) is 7.61. The Morgan fingerprint density at radius 3 is 2.92 bits per heavy atom. The normalized spacial score (nSPS) is 17.0. The quantitative estimate of drug-likeness (QED) is 0.718. The van der Waals surface area contributed by atoms with Crippen LogP contribution in [-0.2, 0) is 6.54 Å². The van der Waals surface area contributed by atoms with E-state index in [4.69, 9.17) is 0 Å². The van der Waals surface area contributed by atoms with Crippen LogP contribution in [0.5, 0.6) is 0 Å². The minimum Gasteiger partial charge on any atom is -0.347 e. The zero-order valence-corrected chi connectivity index (χ0v) is 16.3. The van der Waals surface area contributed by atoms with Crippen LogP contribution in [-0.4, -0.2) is 34.8 Å². The lowest BCUT2D eigenvalue weighted by Crippen LogP contribution is -2.45. The van der Waals surface area contributed by atoms with E-state index < -0.39 is 0 Å². The van der Waals surface area contributed by atoms with Crippen LogP contribution >= 0.6 is 23.7 Å². The summed E-state index contributed by atoms with van der Waals surface area (Å²) < 4.78 is 2.00. The Morgan fingerprint density at radius 2 is 2.19 bits per heavy atom. The van der Waals surface area contributed by atoms with Crippen molar-refractivity contribution in [2.75, 3.05) is 13.1 Å². The van der Waals surface area contributed by atoms with Crippen molar-refractivity contribution in [2.45, 2.75) is 32.4 Å². The van der Waals surface area contributed by atoms with E-state index in [1.165, 1.54) is 16.9 Å². The molecule has 0 bridgehead atoms. The van der Waals surface area contributed by atoms with E-state index in [2.05, 4.69) is 27.9 Å². The largest absolute Gasteiger partial charge is 0.347 e. The minimum absolute atomic E-state index is 0. The number of hydrogen-bond donors (Lipinski definition) is 2. The number of nitrogens with one attached hydrogen (secondary N) is 2. The van der Waals surface area contributed by atoms with E-state index in [0.29, 0.717) is 0 Å². The summed E-state index contributed by atoms with van der Waals surface area (Å²) in [6.07, 6.45) is 2.16. The highest BCUT2D eigenvalue weighted by molar-refractivity contribution is 7.20. The van der Waals surface area contributed by atoms with Gasteiger partial charge in [0.1, 0.15) is 4.83 Å². The van der Waals surface area contributed by atoms with Crippen LogP contribution in [0, 0.1) is 6.92 Å². The van der Waals surface area contributed by atoms with Gasteiger partial charge in [0, 0.05) is 18.0 Å². The van der Waals surface area contributed by atoms with E-state index in [0.717, 1.165) is 53.3 Å². The first kappa shape index (κ1) is 18.9. The summed E-state index contributed by atoms with van der Waals surface area (Å²) in [7, 11) is 0. The highest BCUT2D eigenvalue weighted by atomic mass is 35.5. The standard InChI is InChI=1S/C19H22N4OS.ClH/c1-13-16-10-17(18(24)21-15-8-5-9-20-11-15)25-19(16)23(22-13)12-14-6-3-2-4-7-14;/h2-4,6-7,10,15,20H,5,8-9,11-12H2,1H3,(H,21,24);1H/t15-;/m0./s1. The third kappa shape index (κ3) is 3.92. The van der Waals surface area contributed by atoms with Crippen molar-refractivity contribution in [1.82, 2.24) is 20.4 Å². The Morgan fingerprint density at radius 1 is 1.38 bits per heavy atom. The summed E-state index contributed by atoms with van der Waals surface area (Å²) in [5.74, 6) is 0.0283. The van der Waals surface area contributed by atoms with Crippen molar-refractivity contribution in [3.8, 4) is 0 Å². The molecule has 0 spiro atoms. The van der Waals surface area contributed by atoms with Crippen LogP contribution in [0.25, 0.3) is 10.2 Å². The maximum Gasteiger partial charge on any atom is 0.261 e. The first-order valence-corrected chi connectivity index (χ1v) is 9.55. The maximum atomic E-state index is 12.6. The average molecular weight is 391 g/mol. The number of piperidine rings is 1. The molecule has 0 radical (unpaired) electrons. The Bertz CT molecular complexity index is 884. The van der Waals surface area contributed by atoms with Crippen LogP contribution in [0.1, 0.15) is 33.8 Å². The molecule has 1 atom stereocenters. The fraction of sp³-hybridized carbons (Fsp3) is 0.368. The molecule has 3 heterocycles. The minimum atomic E-state index is 0. The number of halogens is 1. The number of carbonyl (C=O) groups is 1. The van der Waals surface area contributed by atoms with E-state index in [-0.39, 0.29) is 24.4 Å². The average Bonchev–Trinajstić information content (AvgIpc) is 3.19. The predicted molar refractivity (Wildman–Crippen MR) is 108 cm³/mol. The van der Waals surface area contributed by atoms with Gasteiger partial charge in [-0.3, -0.25) is 9.48 Å². The van der Waals surface area contributed by atoms with Crippen LogP contribution in [0.15, 0.2) is 36.4 Å². The van der Waals surface area contributed by atoms with Crippen molar-refractivity contribution in [3.63, 3.8) is 0 Å². The monoisotopic (exact) mass is 390 g/mol. The van der Waals surface area contributed by atoms with E-state index in [9.17, 15) is 4.79 Å². The van der Waals surface area contributed by atoms with Gasteiger partial charge < -0.3 is 10.6 Å².